The molecule has 0 aliphatic rings. The average Bonchev–Trinajstić information content (AvgIpc) is 2.39. The van der Waals surface area contributed by atoms with E-state index in [2.05, 4.69) is 40.0 Å². The lowest BCUT2D eigenvalue weighted by atomic mass is 10.2. The molecule has 0 spiro atoms. The van der Waals surface area contributed by atoms with E-state index in [4.69, 9.17) is 0 Å². The highest BCUT2D eigenvalue weighted by Gasteiger charge is 2.06. The second-order valence-electron chi connectivity index (χ2n) is 4.29. The van der Waals surface area contributed by atoms with Gasteiger partial charge in [0.05, 0.1) is 5.75 Å². The number of nitrogens with zero attached hydrogens (tertiary/aromatic N) is 1. The molecule has 0 fully saturated rings. The molecule has 0 aliphatic heterocycles. The van der Waals surface area contributed by atoms with E-state index in [0.29, 0.717) is 12.2 Å². The summed E-state index contributed by atoms with van der Waals surface area (Å²) in [5.41, 5.74) is 2.03. The summed E-state index contributed by atoms with van der Waals surface area (Å²) in [7, 11) is 0. The zero-order chi connectivity index (χ0) is 13.7. The van der Waals surface area contributed by atoms with Crippen molar-refractivity contribution < 1.29 is 4.79 Å². The average molecular weight is 336 g/mol. The molecule has 0 amide bonds. The standard InChI is InChI=1S/C15H14BrNOS/c1-11-3-2-4-15(7-11)19-10-14(18)8-13-6-5-12(16)9-17-13/h2-7,9H,8,10H2,1H3. The number of pyridine rings is 1. The molecule has 1 heterocycles. The van der Waals surface area contributed by atoms with Gasteiger partial charge in [-0.3, -0.25) is 9.78 Å². The number of Topliss-reactive ketones (excluding diaryl/α,β-unsaturated/α-hetero) is 1. The van der Waals surface area contributed by atoms with E-state index in [1.807, 2.05) is 24.3 Å². The largest absolute Gasteiger partial charge is 0.298 e. The molecule has 19 heavy (non-hydrogen) atoms. The summed E-state index contributed by atoms with van der Waals surface area (Å²) >= 11 is 4.91. The number of benzene rings is 1. The van der Waals surface area contributed by atoms with Crippen molar-refractivity contribution in [2.75, 3.05) is 5.75 Å². The number of ketones is 1. The first-order chi connectivity index (χ1) is 9.13. The van der Waals surface area contributed by atoms with E-state index in [1.54, 1.807) is 18.0 Å². The van der Waals surface area contributed by atoms with Crippen LogP contribution in [0.3, 0.4) is 0 Å². The smallest absolute Gasteiger partial charge is 0.149 e. The van der Waals surface area contributed by atoms with Gasteiger partial charge in [0.25, 0.3) is 0 Å². The lowest BCUT2D eigenvalue weighted by Gasteiger charge is -2.03. The maximum Gasteiger partial charge on any atom is 0.149 e. The quantitative estimate of drug-likeness (QED) is 0.772. The molecule has 0 N–H and O–H groups in total. The highest BCUT2D eigenvalue weighted by atomic mass is 79.9. The van der Waals surface area contributed by atoms with Crippen molar-refractivity contribution in [2.45, 2.75) is 18.2 Å². The molecule has 1 aromatic heterocycles. The highest BCUT2D eigenvalue weighted by Crippen LogP contribution is 2.19. The summed E-state index contributed by atoms with van der Waals surface area (Å²) in [4.78, 5) is 17.2. The lowest BCUT2D eigenvalue weighted by molar-refractivity contribution is -0.116. The number of halogens is 1. The van der Waals surface area contributed by atoms with E-state index >= 15 is 0 Å². The van der Waals surface area contributed by atoms with Crippen molar-refractivity contribution in [2.24, 2.45) is 0 Å². The summed E-state index contributed by atoms with van der Waals surface area (Å²) in [5.74, 6) is 0.683. The third kappa shape index (κ3) is 4.80. The van der Waals surface area contributed by atoms with Crippen LogP contribution in [0.15, 0.2) is 52.0 Å². The Morgan fingerprint density at radius 3 is 2.84 bits per heavy atom. The van der Waals surface area contributed by atoms with Gasteiger partial charge >= 0.3 is 0 Å². The number of thioether (sulfide) groups is 1. The van der Waals surface area contributed by atoms with Crippen LogP contribution in [0.4, 0.5) is 0 Å². The van der Waals surface area contributed by atoms with Gasteiger partial charge in [-0.1, -0.05) is 17.7 Å². The van der Waals surface area contributed by atoms with E-state index in [9.17, 15) is 4.79 Å². The predicted molar refractivity (Wildman–Crippen MR) is 82.6 cm³/mol. The summed E-state index contributed by atoms with van der Waals surface area (Å²) in [6, 6.07) is 12.0. The fourth-order valence-electron chi connectivity index (χ4n) is 1.63. The van der Waals surface area contributed by atoms with Gasteiger partial charge in [-0.05, 0) is 47.1 Å². The van der Waals surface area contributed by atoms with Crippen molar-refractivity contribution in [1.29, 1.82) is 0 Å². The van der Waals surface area contributed by atoms with Crippen molar-refractivity contribution >= 4 is 33.5 Å². The maximum absolute atomic E-state index is 11.9. The first-order valence-corrected chi connectivity index (χ1v) is 7.73. The van der Waals surface area contributed by atoms with Crippen molar-refractivity contribution in [3.8, 4) is 0 Å². The molecule has 0 atom stereocenters. The second kappa shape index (κ2) is 6.87. The number of aryl methyl sites for hydroxylation is 1. The zero-order valence-corrected chi connectivity index (χ0v) is 13.0. The van der Waals surface area contributed by atoms with Crippen molar-refractivity contribution in [3.63, 3.8) is 0 Å². The third-order valence-corrected chi connectivity index (χ3v) is 4.08. The van der Waals surface area contributed by atoms with Gasteiger partial charge < -0.3 is 0 Å². The van der Waals surface area contributed by atoms with E-state index in [1.165, 1.54) is 5.56 Å². The molecular formula is C15H14BrNOS. The number of hydrogen-bond acceptors (Lipinski definition) is 3. The fourth-order valence-corrected chi connectivity index (χ4v) is 2.74. The van der Waals surface area contributed by atoms with E-state index in [-0.39, 0.29) is 5.78 Å². The van der Waals surface area contributed by atoms with Gasteiger partial charge in [0.15, 0.2) is 0 Å². The zero-order valence-electron chi connectivity index (χ0n) is 10.6. The number of carbonyl (C=O) groups excluding carboxylic acids is 1. The molecule has 0 aliphatic carbocycles. The summed E-state index contributed by atoms with van der Waals surface area (Å²) in [6.07, 6.45) is 2.11. The first kappa shape index (κ1) is 14.3. The van der Waals surface area contributed by atoms with E-state index < -0.39 is 0 Å². The van der Waals surface area contributed by atoms with Gasteiger partial charge in [0, 0.05) is 27.7 Å². The van der Waals surface area contributed by atoms with Crippen LogP contribution in [0.2, 0.25) is 0 Å². The maximum atomic E-state index is 11.9. The summed E-state index contributed by atoms with van der Waals surface area (Å²) < 4.78 is 0.929. The van der Waals surface area contributed by atoms with Gasteiger partial charge in [-0.15, -0.1) is 11.8 Å². The molecule has 0 saturated heterocycles. The van der Waals surface area contributed by atoms with E-state index in [0.717, 1.165) is 15.1 Å². The van der Waals surface area contributed by atoms with Crippen LogP contribution in [0.1, 0.15) is 11.3 Å². The number of aromatic nitrogens is 1. The van der Waals surface area contributed by atoms with Crippen LogP contribution < -0.4 is 0 Å². The van der Waals surface area contributed by atoms with Gasteiger partial charge in [-0.25, -0.2) is 0 Å². The normalized spacial score (nSPS) is 10.4. The molecular weight excluding hydrogens is 322 g/mol. The minimum Gasteiger partial charge on any atom is -0.298 e. The van der Waals surface area contributed by atoms with Crippen LogP contribution in [0, 0.1) is 6.92 Å². The van der Waals surface area contributed by atoms with Crippen LogP contribution >= 0.6 is 27.7 Å². The molecule has 0 radical (unpaired) electrons. The van der Waals surface area contributed by atoms with Crippen LogP contribution in [-0.2, 0) is 11.2 Å². The van der Waals surface area contributed by atoms with Crippen LogP contribution in [0.5, 0.6) is 0 Å². The molecule has 1 aromatic carbocycles. The molecule has 98 valence electrons. The number of hydrogen-bond donors (Lipinski definition) is 0. The van der Waals surface area contributed by atoms with Gasteiger partial charge in [0.2, 0.25) is 0 Å². The molecule has 0 bridgehead atoms. The van der Waals surface area contributed by atoms with Crippen molar-refractivity contribution in [3.05, 3.63) is 58.3 Å². The Kier molecular flexibility index (Phi) is 5.16. The molecule has 0 unspecified atom stereocenters. The molecule has 2 aromatic rings. The summed E-state index contributed by atoms with van der Waals surface area (Å²) in [6.45, 7) is 2.05. The first-order valence-electron chi connectivity index (χ1n) is 5.95. The lowest BCUT2D eigenvalue weighted by Crippen LogP contribution is -2.06. The predicted octanol–water partition coefficient (Wildman–Crippen LogP) is 4.06. The monoisotopic (exact) mass is 335 g/mol. The SMILES string of the molecule is Cc1cccc(SCC(=O)Cc2ccc(Br)cn2)c1. The Morgan fingerprint density at radius 2 is 2.16 bits per heavy atom. The van der Waals surface area contributed by atoms with Crippen molar-refractivity contribution in [1.82, 2.24) is 4.98 Å². The Morgan fingerprint density at radius 1 is 1.32 bits per heavy atom. The topological polar surface area (TPSA) is 30.0 Å². The third-order valence-electron chi connectivity index (χ3n) is 2.56. The fraction of sp³-hybridized carbons (Fsp3) is 0.200. The summed E-state index contributed by atoms with van der Waals surface area (Å²) in [5, 5.41) is 0. The molecule has 2 nitrogen and oxygen atoms in total. The molecule has 4 heteroatoms. The van der Waals surface area contributed by atoms with Gasteiger partial charge in [-0.2, -0.15) is 0 Å². The van der Waals surface area contributed by atoms with Crippen LogP contribution in [-0.4, -0.2) is 16.5 Å². The Labute approximate surface area is 125 Å². The van der Waals surface area contributed by atoms with Gasteiger partial charge in [0.1, 0.15) is 5.78 Å². The highest BCUT2D eigenvalue weighted by molar-refractivity contribution is 9.10. The van der Waals surface area contributed by atoms with Crippen LogP contribution in [0.25, 0.3) is 0 Å². The minimum atomic E-state index is 0.196. The minimum absolute atomic E-state index is 0.196. The number of rotatable bonds is 5. The molecule has 2 rings (SSSR count). The Balaban J connectivity index is 1.86. The number of carbonyl (C=O) groups is 1. The Hall–Kier alpha value is -1.13. The Bertz CT molecular complexity index is 569. The second-order valence-corrected chi connectivity index (χ2v) is 6.25. The molecule has 0 saturated carbocycles.